The zero-order chi connectivity index (χ0) is 13.8. The summed E-state index contributed by atoms with van der Waals surface area (Å²) >= 11 is 0. The molecule has 1 aromatic rings. The molecule has 0 atom stereocenters. The lowest BCUT2D eigenvalue weighted by Gasteiger charge is -2.40. The van der Waals surface area contributed by atoms with Gasteiger partial charge in [-0.15, -0.1) is 0 Å². The second-order valence-electron chi connectivity index (χ2n) is 6.10. The van der Waals surface area contributed by atoms with E-state index in [1.54, 1.807) is 16.7 Å². The molecule has 4 heteroatoms. The van der Waals surface area contributed by atoms with Crippen LogP contribution in [0.1, 0.15) is 32.1 Å². The summed E-state index contributed by atoms with van der Waals surface area (Å²) in [5.41, 5.74) is 0.102. The van der Waals surface area contributed by atoms with Gasteiger partial charge in [-0.05, 0) is 44.8 Å². The monoisotopic (exact) mass is 275 g/mol. The minimum absolute atomic E-state index is 0.102. The van der Waals surface area contributed by atoms with Gasteiger partial charge in [0.25, 0.3) is 5.56 Å². The first kappa shape index (κ1) is 13.8. The molecule has 0 N–H and O–H groups in total. The summed E-state index contributed by atoms with van der Waals surface area (Å²) in [5, 5.41) is 0. The first-order valence-electron chi connectivity index (χ1n) is 7.95. The van der Waals surface area contributed by atoms with Crippen molar-refractivity contribution in [2.75, 3.05) is 26.2 Å². The molecule has 110 valence electrons. The average molecular weight is 275 g/mol. The molecule has 2 fully saturated rings. The molecular weight excluding hydrogens is 250 g/mol. The quantitative estimate of drug-likeness (QED) is 0.841. The van der Waals surface area contributed by atoms with Crippen LogP contribution in [0.25, 0.3) is 0 Å². The molecule has 0 bridgehead atoms. The summed E-state index contributed by atoms with van der Waals surface area (Å²) in [7, 11) is 0. The smallest absolute Gasteiger partial charge is 0.251 e. The van der Waals surface area contributed by atoms with Crippen LogP contribution in [-0.2, 0) is 6.67 Å². The number of pyridine rings is 1. The van der Waals surface area contributed by atoms with Gasteiger partial charge < -0.3 is 9.47 Å². The largest absolute Gasteiger partial charge is 0.302 e. The predicted molar refractivity (Wildman–Crippen MR) is 80.7 cm³/mol. The molecule has 2 aliphatic rings. The molecule has 20 heavy (non-hydrogen) atoms. The van der Waals surface area contributed by atoms with E-state index in [4.69, 9.17) is 0 Å². The Kier molecular flexibility index (Phi) is 4.53. The van der Waals surface area contributed by atoms with Crippen molar-refractivity contribution in [3.05, 3.63) is 34.7 Å². The highest BCUT2D eigenvalue weighted by Gasteiger charge is 2.25. The molecular formula is C16H25N3O. The standard InChI is InChI=1S/C16H25N3O/c20-16-6-2-5-11-19(16)14-17-12-7-15(8-13-17)18-9-3-1-4-10-18/h2,5-6,11,15H,1,3-4,7-10,12-14H2. The molecule has 0 amide bonds. The van der Waals surface area contributed by atoms with Gasteiger partial charge in [-0.3, -0.25) is 9.69 Å². The van der Waals surface area contributed by atoms with E-state index in [0.29, 0.717) is 0 Å². The molecule has 0 spiro atoms. The van der Waals surface area contributed by atoms with E-state index < -0.39 is 0 Å². The molecule has 0 aliphatic carbocycles. The zero-order valence-corrected chi connectivity index (χ0v) is 12.2. The van der Waals surface area contributed by atoms with E-state index in [2.05, 4.69) is 9.80 Å². The number of hydrogen-bond acceptors (Lipinski definition) is 3. The van der Waals surface area contributed by atoms with Crippen molar-refractivity contribution in [1.82, 2.24) is 14.4 Å². The minimum atomic E-state index is 0.102. The number of likely N-dealkylation sites (tertiary alicyclic amines) is 2. The van der Waals surface area contributed by atoms with Gasteiger partial charge in [0.1, 0.15) is 0 Å². The van der Waals surface area contributed by atoms with Gasteiger partial charge in [0.05, 0.1) is 6.67 Å². The summed E-state index contributed by atoms with van der Waals surface area (Å²) in [6, 6.07) is 6.16. The number of piperidine rings is 2. The second-order valence-corrected chi connectivity index (χ2v) is 6.10. The predicted octanol–water partition coefficient (Wildman–Crippen LogP) is 1.76. The number of nitrogens with zero attached hydrogens (tertiary/aromatic N) is 3. The molecule has 2 aliphatic heterocycles. The van der Waals surface area contributed by atoms with Crippen LogP contribution in [0, 0.1) is 0 Å². The lowest BCUT2D eigenvalue weighted by molar-refractivity contribution is 0.0784. The van der Waals surface area contributed by atoms with Gasteiger partial charge in [-0.1, -0.05) is 12.5 Å². The fraction of sp³-hybridized carbons (Fsp3) is 0.688. The molecule has 0 aromatic carbocycles. The Bertz CT molecular complexity index is 471. The van der Waals surface area contributed by atoms with Gasteiger partial charge >= 0.3 is 0 Å². The zero-order valence-electron chi connectivity index (χ0n) is 12.2. The van der Waals surface area contributed by atoms with E-state index in [9.17, 15) is 4.79 Å². The van der Waals surface area contributed by atoms with Crippen LogP contribution >= 0.6 is 0 Å². The molecule has 0 unspecified atom stereocenters. The van der Waals surface area contributed by atoms with Gasteiger partial charge in [0.2, 0.25) is 0 Å². The van der Waals surface area contributed by atoms with Crippen LogP contribution in [0.3, 0.4) is 0 Å². The van der Waals surface area contributed by atoms with Crippen LogP contribution in [0.2, 0.25) is 0 Å². The number of rotatable bonds is 3. The van der Waals surface area contributed by atoms with Crippen LogP contribution in [0.4, 0.5) is 0 Å². The fourth-order valence-corrected chi connectivity index (χ4v) is 3.50. The Morgan fingerprint density at radius 3 is 2.45 bits per heavy atom. The molecule has 4 nitrogen and oxygen atoms in total. The molecule has 3 rings (SSSR count). The van der Waals surface area contributed by atoms with E-state index in [0.717, 1.165) is 25.8 Å². The second kappa shape index (κ2) is 6.55. The van der Waals surface area contributed by atoms with Gasteiger partial charge in [-0.25, -0.2) is 0 Å². The first-order chi connectivity index (χ1) is 9.83. The van der Waals surface area contributed by atoms with Crippen molar-refractivity contribution >= 4 is 0 Å². The lowest BCUT2D eigenvalue weighted by atomic mass is 10.0. The van der Waals surface area contributed by atoms with Crippen molar-refractivity contribution in [1.29, 1.82) is 0 Å². The molecule has 0 saturated carbocycles. The first-order valence-corrected chi connectivity index (χ1v) is 7.95. The summed E-state index contributed by atoms with van der Waals surface area (Å²) in [4.78, 5) is 16.8. The van der Waals surface area contributed by atoms with Crippen LogP contribution in [0.5, 0.6) is 0 Å². The third-order valence-electron chi connectivity index (χ3n) is 4.72. The maximum Gasteiger partial charge on any atom is 0.251 e. The topological polar surface area (TPSA) is 28.5 Å². The maximum absolute atomic E-state index is 11.7. The van der Waals surface area contributed by atoms with Crippen molar-refractivity contribution in [3.63, 3.8) is 0 Å². The highest BCUT2D eigenvalue weighted by Crippen LogP contribution is 2.20. The van der Waals surface area contributed by atoms with Crippen molar-refractivity contribution in [2.45, 2.75) is 44.8 Å². The third kappa shape index (κ3) is 3.30. The highest BCUT2D eigenvalue weighted by atomic mass is 16.1. The van der Waals surface area contributed by atoms with Gasteiger partial charge in [-0.2, -0.15) is 0 Å². The summed E-state index contributed by atoms with van der Waals surface area (Å²) in [6.07, 6.45) is 8.55. The van der Waals surface area contributed by atoms with E-state index in [1.165, 1.54) is 45.2 Å². The van der Waals surface area contributed by atoms with Crippen molar-refractivity contribution < 1.29 is 0 Å². The van der Waals surface area contributed by atoms with E-state index in [-0.39, 0.29) is 5.56 Å². The molecule has 0 radical (unpaired) electrons. The Hall–Kier alpha value is -1.13. The number of aromatic nitrogens is 1. The summed E-state index contributed by atoms with van der Waals surface area (Å²) < 4.78 is 1.81. The SMILES string of the molecule is O=c1ccccn1CN1CCC(N2CCCCC2)CC1. The Balaban J connectivity index is 1.51. The Morgan fingerprint density at radius 1 is 1.00 bits per heavy atom. The summed E-state index contributed by atoms with van der Waals surface area (Å²) in [5.74, 6) is 0. The normalized spacial score (nSPS) is 23.0. The number of hydrogen-bond donors (Lipinski definition) is 0. The Morgan fingerprint density at radius 2 is 1.75 bits per heavy atom. The Labute approximate surface area is 121 Å². The van der Waals surface area contributed by atoms with Crippen molar-refractivity contribution in [2.24, 2.45) is 0 Å². The molecule has 1 aromatic heterocycles. The van der Waals surface area contributed by atoms with E-state index in [1.807, 2.05) is 12.3 Å². The van der Waals surface area contributed by atoms with Crippen LogP contribution in [-0.4, -0.2) is 46.6 Å². The highest BCUT2D eigenvalue weighted by molar-refractivity contribution is 4.93. The van der Waals surface area contributed by atoms with Crippen LogP contribution < -0.4 is 5.56 Å². The van der Waals surface area contributed by atoms with E-state index >= 15 is 0 Å². The maximum atomic E-state index is 11.7. The third-order valence-corrected chi connectivity index (χ3v) is 4.72. The average Bonchev–Trinajstić information content (AvgIpc) is 2.51. The lowest BCUT2D eigenvalue weighted by Crippen LogP contribution is -2.47. The summed E-state index contributed by atoms with van der Waals surface area (Å²) in [6.45, 7) is 5.56. The molecule has 2 saturated heterocycles. The van der Waals surface area contributed by atoms with Crippen molar-refractivity contribution in [3.8, 4) is 0 Å². The minimum Gasteiger partial charge on any atom is -0.302 e. The van der Waals surface area contributed by atoms with Gasteiger partial charge in [0, 0.05) is 31.4 Å². The van der Waals surface area contributed by atoms with Crippen LogP contribution in [0.15, 0.2) is 29.2 Å². The fourth-order valence-electron chi connectivity index (χ4n) is 3.50. The molecule has 3 heterocycles. The van der Waals surface area contributed by atoms with Gasteiger partial charge in [0.15, 0.2) is 0 Å².